The van der Waals surface area contributed by atoms with Gasteiger partial charge in [0, 0.05) is 47.2 Å². The van der Waals surface area contributed by atoms with Gasteiger partial charge in [0.2, 0.25) is 11.8 Å². The average molecular weight is 1540 g/mol. The quantitative estimate of drug-likeness (QED) is 0.0874. The molecule has 0 unspecified atom stereocenters. The molecule has 2 aromatic rings. The third kappa shape index (κ3) is 20.5. The molecule has 0 aromatic heterocycles. The van der Waals surface area contributed by atoms with E-state index in [0.29, 0.717) is 32.2 Å². The van der Waals surface area contributed by atoms with E-state index in [1.165, 1.54) is 13.8 Å². The predicted octanol–water partition coefficient (Wildman–Crippen LogP) is -0.663. The SMILES string of the molecule is CC(=O)Nc1c(I)c(C(=O)O)c(I)c(C(=O)NCCO)c1I.CC(=O)Nc1c(I)c(C(=O)O)c(I)c(C(=O)NCCO)c1I.CNC[C@H](O)[C@@H](O)[C@H](O)[C@H](O)CO.NCCO. The minimum atomic E-state index is -1.55. The number of hydrogen-bond donors (Lipinski definition) is 16. The molecule has 61 heavy (non-hydrogen) atoms. The smallest absolute Gasteiger partial charge is 0.337 e. The molecule has 17 N–H and O–H groups in total. The fraction of sp³-hybridized carbons (Fsp3) is 0.455. The Morgan fingerprint density at radius 3 is 1.11 bits per heavy atom. The molecule has 346 valence electrons. The topological polar surface area (TPSA) is 391 Å². The van der Waals surface area contributed by atoms with Crippen molar-refractivity contribution < 1.29 is 79.8 Å². The number of nitrogens with one attached hydrogen (secondary N) is 5. The summed E-state index contributed by atoms with van der Waals surface area (Å²) in [5.41, 5.74) is 5.60. The lowest BCUT2D eigenvalue weighted by atomic mass is 10.0. The Kier molecular flexibility index (Phi) is 33.5. The second kappa shape index (κ2) is 32.8. The highest BCUT2D eigenvalue weighted by molar-refractivity contribution is 14.1. The number of aliphatic hydroxyl groups excluding tert-OH is 8. The van der Waals surface area contributed by atoms with Gasteiger partial charge in [-0.3, -0.25) is 19.2 Å². The summed E-state index contributed by atoms with van der Waals surface area (Å²) >= 11 is 11.0. The van der Waals surface area contributed by atoms with Crippen LogP contribution in [0.4, 0.5) is 11.4 Å². The van der Waals surface area contributed by atoms with Gasteiger partial charge < -0.3 is 83.4 Å². The molecule has 4 amide bonds. The van der Waals surface area contributed by atoms with E-state index in [1.54, 1.807) is 52.2 Å². The van der Waals surface area contributed by atoms with Gasteiger partial charge in [0.1, 0.15) is 18.3 Å². The van der Waals surface area contributed by atoms with Crippen molar-refractivity contribution in [1.29, 1.82) is 0 Å². The van der Waals surface area contributed by atoms with Crippen LogP contribution in [0, 0.1) is 21.4 Å². The summed E-state index contributed by atoms with van der Waals surface area (Å²) in [7, 11) is 1.57. The van der Waals surface area contributed by atoms with Gasteiger partial charge in [0.15, 0.2) is 0 Å². The first-order chi connectivity index (χ1) is 28.4. The molecular weight excluding hydrogens is 1500 g/mol. The standard InChI is InChI=1S/2C12H11I3N2O5.C7H17NO5.C2H7NO/c2*1-4(19)17-10-8(14)5(11(20)16-2-3-18)7(13)6(9(10)15)12(21)22;1-8-2-4(10)6(12)7(13)5(11)3-9;3-1-2-4/h2*18H,2-3H2,1H3,(H,16,20)(H,17,19)(H,21,22);4-13H,2-3H2,1H3;4H,1-3H2/t;;4-,5+,6+,7+;/m..0./s1. The van der Waals surface area contributed by atoms with E-state index in [-0.39, 0.29) is 80.7 Å². The van der Waals surface area contributed by atoms with Crippen molar-refractivity contribution in [3.8, 4) is 0 Å². The lowest BCUT2D eigenvalue weighted by molar-refractivity contribution is -0.115. The lowest BCUT2D eigenvalue weighted by Gasteiger charge is -2.25. The molecule has 0 spiro atoms. The molecule has 0 fully saturated rings. The van der Waals surface area contributed by atoms with Crippen molar-refractivity contribution in [1.82, 2.24) is 16.0 Å². The number of carboxylic acids is 2. The van der Waals surface area contributed by atoms with Crippen molar-refractivity contribution in [2.45, 2.75) is 38.3 Å². The number of aliphatic hydroxyl groups is 8. The van der Waals surface area contributed by atoms with Crippen LogP contribution in [0.3, 0.4) is 0 Å². The number of nitrogens with two attached hydrogens (primary N) is 1. The summed E-state index contributed by atoms with van der Waals surface area (Å²) in [6.45, 7) is 2.15. The number of likely N-dealkylation sites (N-methyl/N-ethyl adjacent to an activating group) is 1. The van der Waals surface area contributed by atoms with Gasteiger partial charge >= 0.3 is 11.9 Å². The summed E-state index contributed by atoms with van der Waals surface area (Å²) in [5, 5.41) is 102. The van der Waals surface area contributed by atoms with E-state index < -0.39 is 54.8 Å². The second-order valence-corrected chi connectivity index (χ2v) is 17.9. The van der Waals surface area contributed by atoms with Crippen molar-refractivity contribution in [3.63, 3.8) is 0 Å². The minimum Gasteiger partial charge on any atom is -0.478 e. The Morgan fingerprint density at radius 2 is 0.869 bits per heavy atom. The number of carboxylic acid groups (broad SMARTS) is 2. The normalized spacial score (nSPS) is 12.3. The second-order valence-electron chi connectivity index (χ2n) is 11.4. The van der Waals surface area contributed by atoms with Gasteiger partial charge in [0.05, 0.1) is 80.4 Å². The van der Waals surface area contributed by atoms with Gasteiger partial charge in [0.25, 0.3) is 11.8 Å². The molecule has 2 rings (SSSR count). The molecule has 0 aliphatic rings. The Balaban J connectivity index is 0. The van der Waals surface area contributed by atoms with Crippen LogP contribution >= 0.6 is 136 Å². The van der Waals surface area contributed by atoms with Crippen LogP contribution in [0.2, 0.25) is 0 Å². The summed E-state index contributed by atoms with van der Waals surface area (Å²) in [6.07, 6.45) is -5.65. The van der Waals surface area contributed by atoms with Crippen LogP contribution in [-0.4, -0.2) is 171 Å². The number of carbonyl (C=O) groups is 6. The van der Waals surface area contributed by atoms with Gasteiger partial charge in [-0.2, -0.15) is 0 Å². The zero-order valence-corrected chi connectivity index (χ0v) is 45.2. The molecule has 0 aliphatic carbocycles. The fourth-order valence-electron chi connectivity index (χ4n) is 4.08. The van der Waals surface area contributed by atoms with E-state index >= 15 is 0 Å². The van der Waals surface area contributed by atoms with Crippen molar-refractivity contribution in [2.75, 3.05) is 70.3 Å². The minimum absolute atomic E-state index is 0.0421. The van der Waals surface area contributed by atoms with Gasteiger partial charge in [-0.1, -0.05) is 0 Å². The Hall–Kier alpha value is -0.760. The summed E-state index contributed by atoms with van der Waals surface area (Å²) in [6, 6.07) is 0. The first-order valence-corrected chi connectivity index (χ1v) is 23.4. The summed E-state index contributed by atoms with van der Waals surface area (Å²) in [4.78, 5) is 70.1. The molecule has 0 radical (unpaired) electrons. The highest BCUT2D eigenvalue weighted by Gasteiger charge is 2.31. The van der Waals surface area contributed by atoms with Crippen LogP contribution in [0.1, 0.15) is 55.3 Å². The number of halogens is 6. The largest absolute Gasteiger partial charge is 0.478 e. The van der Waals surface area contributed by atoms with Crippen molar-refractivity contribution >= 4 is 182 Å². The van der Waals surface area contributed by atoms with Gasteiger partial charge in [-0.25, -0.2) is 9.59 Å². The van der Waals surface area contributed by atoms with E-state index in [4.69, 9.17) is 41.5 Å². The van der Waals surface area contributed by atoms with Crippen LogP contribution in [0.5, 0.6) is 0 Å². The Labute approximate surface area is 431 Å². The van der Waals surface area contributed by atoms with E-state index in [0.717, 1.165) is 0 Å². The number of benzene rings is 2. The van der Waals surface area contributed by atoms with Gasteiger partial charge in [-0.15, -0.1) is 0 Å². The van der Waals surface area contributed by atoms with Crippen LogP contribution in [-0.2, 0) is 9.59 Å². The van der Waals surface area contributed by atoms with E-state index in [1.807, 2.05) is 90.4 Å². The van der Waals surface area contributed by atoms with E-state index in [9.17, 15) is 44.1 Å². The number of amides is 4. The highest BCUT2D eigenvalue weighted by Crippen LogP contribution is 2.37. The first kappa shape index (κ1) is 62.3. The number of hydrogen-bond acceptors (Lipinski definition) is 16. The highest BCUT2D eigenvalue weighted by atomic mass is 127. The zero-order chi connectivity index (χ0) is 47.9. The lowest BCUT2D eigenvalue weighted by Crippen LogP contribution is -2.48. The van der Waals surface area contributed by atoms with Crippen LogP contribution in [0.15, 0.2) is 0 Å². The molecule has 0 aliphatic heterocycles. The van der Waals surface area contributed by atoms with Gasteiger partial charge in [-0.05, 0) is 143 Å². The first-order valence-electron chi connectivity index (χ1n) is 16.9. The Morgan fingerprint density at radius 1 is 0.557 bits per heavy atom. The molecule has 0 heterocycles. The molecule has 4 atom stereocenters. The molecular formula is C33H46I6N6O16. The Bertz CT molecular complexity index is 1720. The number of anilines is 2. The maximum Gasteiger partial charge on any atom is 0.337 e. The summed E-state index contributed by atoms with van der Waals surface area (Å²) in [5.74, 6) is -4.12. The molecule has 28 heteroatoms. The summed E-state index contributed by atoms with van der Waals surface area (Å²) < 4.78 is 2.16. The fourth-order valence-corrected chi connectivity index (χ4v) is 12.9. The number of carbonyl (C=O) groups excluding carboxylic acids is 4. The average Bonchev–Trinajstić information content (AvgIpc) is 3.18. The monoisotopic (exact) mass is 1540 g/mol. The van der Waals surface area contributed by atoms with Crippen LogP contribution < -0.4 is 32.3 Å². The predicted molar refractivity (Wildman–Crippen MR) is 272 cm³/mol. The number of rotatable bonds is 17. The third-order valence-electron chi connectivity index (χ3n) is 6.78. The third-order valence-corrected chi connectivity index (χ3v) is 13.3. The molecule has 22 nitrogen and oxygen atoms in total. The number of aromatic carboxylic acids is 2. The molecule has 0 saturated carbocycles. The van der Waals surface area contributed by atoms with Crippen molar-refractivity contribution in [2.24, 2.45) is 5.73 Å². The van der Waals surface area contributed by atoms with E-state index in [2.05, 4.69) is 26.6 Å². The molecule has 2 aromatic carbocycles. The van der Waals surface area contributed by atoms with Crippen molar-refractivity contribution in [3.05, 3.63) is 43.7 Å². The zero-order valence-electron chi connectivity index (χ0n) is 32.2. The molecule has 0 bridgehead atoms. The van der Waals surface area contributed by atoms with Crippen LogP contribution in [0.25, 0.3) is 0 Å². The maximum absolute atomic E-state index is 12.2. The molecule has 0 saturated heterocycles. The maximum atomic E-state index is 12.2.